The van der Waals surface area contributed by atoms with Gasteiger partial charge in [0, 0.05) is 16.8 Å². The highest BCUT2D eigenvalue weighted by molar-refractivity contribution is 7.13. The standard InChI is InChI=1S/C18H12Cl2F3N3OS/c19-14-5-4-12(7-15(14)20)24-16(27)8-13-9-28-17(26-13)25-11-3-1-2-10(6-11)18(21,22)23/h1-7,9H,8H2,(H,24,27)(H,25,26). The van der Waals surface area contributed by atoms with Gasteiger partial charge in [-0.2, -0.15) is 13.2 Å². The van der Waals surface area contributed by atoms with E-state index >= 15 is 0 Å². The number of nitrogens with one attached hydrogen (secondary N) is 2. The van der Waals surface area contributed by atoms with E-state index in [1.54, 1.807) is 17.5 Å². The summed E-state index contributed by atoms with van der Waals surface area (Å²) < 4.78 is 38.3. The lowest BCUT2D eigenvalue weighted by Gasteiger charge is -2.09. The molecule has 0 unspecified atom stereocenters. The highest BCUT2D eigenvalue weighted by atomic mass is 35.5. The van der Waals surface area contributed by atoms with Crippen molar-refractivity contribution in [3.63, 3.8) is 0 Å². The Morgan fingerprint density at radius 2 is 1.86 bits per heavy atom. The number of hydrogen-bond acceptors (Lipinski definition) is 4. The van der Waals surface area contributed by atoms with Crippen molar-refractivity contribution in [2.45, 2.75) is 12.6 Å². The minimum Gasteiger partial charge on any atom is -0.332 e. The van der Waals surface area contributed by atoms with Crippen molar-refractivity contribution in [2.75, 3.05) is 10.6 Å². The number of hydrogen-bond donors (Lipinski definition) is 2. The molecule has 1 amide bonds. The molecule has 0 radical (unpaired) electrons. The van der Waals surface area contributed by atoms with Crippen LogP contribution in [-0.2, 0) is 17.4 Å². The normalized spacial score (nSPS) is 11.3. The van der Waals surface area contributed by atoms with Crippen molar-refractivity contribution >= 4 is 57.0 Å². The average Bonchev–Trinajstić information content (AvgIpc) is 3.04. The van der Waals surface area contributed by atoms with Gasteiger partial charge in [-0.15, -0.1) is 11.3 Å². The predicted molar refractivity (Wildman–Crippen MR) is 106 cm³/mol. The van der Waals surface area contributed by atoms with Crippen molar-refractivity contribution in [3.05, 3.63) is 69.1 Å². The highest BCUT2D eigenvalue weighted by Crippen LogP contribution is 2.32. The van der Waals surface area contributed by atoms with E-state index in [0.717, 1.165) is 12.1 Å². The molecule has 0 atom stereocenters. The maximum absolute atomic E-state index is 12.8. The first kappa shape index (κ1) is 20.4. The van der Waals surface area contributed by atoms with Gasteiger partial charge in [-0.25, -0.2) is 4.98 Å². The van der Waals surface area contributed by atoms with Crippen LogP contribution in [-0.4, -0.2) is 10.9 Å². The molecule has 0 spiro atoms. The van der Waals surface area contributed by atoms with Crippen LogP contribution in [0.1, 0.15) is 11.3 Å². The predicted octanol–water partition coefficient (Wildman–Crippen LogP) is 6.39. The van der Waals surface area contributed by atoms with Gasteiger partial charge in [0.25, 0.3) is 0 Å². The smallest absolute Gasteiger partial charge is 0.332 e. The van der Waals surface area contributed by atoms with E-state index in [1.165, 1.54) is 29.5 Å². The molecule has 3 rings (SSSR count). The SMILES string of the molecule is O=C(Cc1csc(Nc2cccc(C(F)(F)F)c2)n1)Nc1ccc(Cl)c(Cl)c1. The second kappa shape index (κ2) is 8.38. The van der Waals surface area contributed by atoms with Gasteiger partial charge in [-0.3, -0.25) is 4.79 Å². The number of benzene rings is 2. The Balaban J connectivity index is 1.62. The van der Waals surface area contributed by atoms with Gasteiger partial charge in [0.1, 0.15) is 0 Å². The molecular formula is C18H12Cl2F3N3OS. The zero-order valence-electron chi connectivity index (χ0n) is 14.0. The van der Waals surface area contributed by atoms with Gasteiger partial charge in [0.05, 0.1) is 27.7 Å². The monoisotopic (exact) mass is 445 g/mol. The number of amides is 1. The number of halogens is 5. The summed E-state index contributed by atoms with van der Waals surface area (Å²) in [6, 6.07) is 9.53. The molecule has 0 saturated heterocycles. The first-order chi connectivity index (χ1) is 13.2. The summed E-state index contributed by atoms with van der Waals surface area (Å²) >= 11 is 12.9. The summed E-state index contributed by atoms with van der Waals surface area (Å²) in [6.45, 7) is 0. The Kier molecular flexibility index (Phi) is 6.12. The zero-order valence-corrected chi connectivity index (χ0v) is 16.3. The Bertz CT molecular complexity index is 1010. The third kappa shape index (κ3) is 5.37. The number of carbonyl (C=O) groups excluding carboxylic acids is 1. The molecule has 1 aromatic heterocycles. The van der Waals surface area contributed by atoms with Crippen LogP contribution in [0, 0.1) is 0 Å². The van der Waals surface area contributed by atoms with Crippen LogP contribution in [0.15, 0.2) is 47.8 Å². The topological polar surface area (TPSA) is 54.0 Å². The van der Waals surface area contributed by atoms with E-state index in [0.29, 0.717) is 26.6 Å². The third-order valence-electron chi connectivity index (χ3n) is 3.54. The van der Waals surface area contributed by atoms with E-state index < -0.39 is 11.7 Å². The van der Waals surface area contributed by atoms with Gasteiger partial charge >= 0.3 is 6.18 Å². The second-order valence-corrected chi connectivity index (χ2v) is 7.37. The first-order valence-corrected chi connectivity index (χ1v) is 9.48. The van der Waals surface area contributed by atoms with Gasteiger partial charge < -0.3 is 10.6 Å². The molecule has 4 nitrogen and oxygen atoms in total. The number of anilines is 3. The van der Waals surface area contributed by atoms with Crippen LogP contribution in [0.2, 0.25) is 10.0 Å². The van der Waals surface area contributed by atoms with Crippen LogP contribution in [0.25, 0.3) is 0 Å². The lowest BCUT2D eigenvalue weighted by Crippen LogP contribution is -2.14. The molecular weight excluding hydrogens is 434 g/mol. The van der Waals surface area contributed by atoms with Crippen molar-refractivity contribution in [2.24, 2.45) is 0 Å². The molecule has 2 aromatic carbocycles. The number of aromatic nitrogens is 1. The quantitative estimate of drug-likeness (QED) is 0.477. The molecule has 10 heteroatoms. The van der Waals surface area contributed by atoms with Crippen LogP contribution in [0.4, 0.5) is 29.7 Å². The Hall–Kier alpha value is -2.29. The number of thiazole rings is 1. The van der Waals surface area contributed by atoms with Crippen LogP contribution in [0.5, 0.6) is 0 Å². The second-order valence-electron chi connectivity index (χ2n) is 5.70. The summed E-state index contributed by atoms with van der Waals surface area (Å²) in [5, 5.41) is 8.24. The fourth-order valence-electron chi connectivity index (χ4n) is 2.29. The van der Waals surface area contributed by atoms with Gasteiger partial charge in [0.2, 0.25) is 5.91 Å². The minimum atomic E-state index is -4.42. The number of rotatable bonds is 5. The maximum atomic E-state index is 12.8. The lowest BCUT2D eigenvalue weighted by atomic mass is 10.2. The third-order valence-corrected chi connectivity index (χ3v) is 5.08. The molecule has 146 valence electrons. The molecule has 1 heterocycles. The lowest BCUT2D eigenvalue weighted by molar-refractivity contribution is -0.137. The molecule has 0 bridgehead atoms. The molecule has 0 aliphatic heterocycles. The fraction of sp³-hybridized carbons (Fsp3) is 0.111. The summed E-state index contributed by atoms with van der Waals surface area (Å²) in [4.78, 5) is 16.4. The molecule has 0 fully saturated rings. The van der Waals surface area contributed by atoms with Crippen molar-refractivity contribution in [3.8, 4) is 0 Å². The minimum absolute atomic E-state index is 0.00101. The average molecular weight is 446 g/mol. The Morgan fingerprint density at radius 1 is 1.07 bits per heavy atom. The van der Waals surface area contributed by atoms with Gasteiger partial charge in [-0.1, -0.05) is 29.3 Å². The number of nitrogens with zero attached hydrogens (tertiary/aromatic N) is 1. The van der Waals surface area contributed by atoms with Crippen molar-refractivity contribution < 1.29 is 18.0 Å². The van der Waals surface area contributed by atoms with E-state index in [1.807, 2.05) is 0 Å². The Morgan fingerprint density at radius 3 is 2.57 bits per heavy atom. The van der Waals surface area contributed by atoms with E-state index in [2.05, 4.69) is 15.6 Å². The van der Waals surface area contributed by atoms with Crippen LogP contribution < -0.4 is 10.6 Å². The van der Waals surface area contributed by atoms with E-state index in [4.69, 9.17) is 23.2 Å². The summed E-state index contributed by atoms with van der Waals surface area (Å²) in [7, 11) is 0. The van der Waals surface area contributed by atoms with E-state index in [-0.39, 0.29) is 18.0 Å². The molecule has 28 heavy (non-hydrogen) atoms. The molecule has 3 aromatic rings. The van der Waals surface area contributed by atoms with E-state index in [9.17, 15) is 18.0 Å². The van der Waals surface area contributed by atoms with Crippen molar-refractivity contribution in [1.29, 1.82) is 0 Å². The summed E-state index contributed by atoms with van der Waals surface area (Å²) in [5.41, 5.74) is 0.486. The summed E-state index contributed by atoms with van der Waals surface area (Å²) in [5.74, 6) is -0.311. The number of carbonyl (C=O) groups is 1. The van der Waals surface area contributed by atoms with Crippen molar-refractivity contribution in [1.82, 2.24) is 4.98 Å². The van der Waals surface area contributed by atoms with Crippen LogP contribution in [0.3, 0.4) is 0 Å². The highest BCUT2D eigenvalue weighted by Gasteiger charge is 2.30. The largest absolute Gasteiger partial charge is 0.416 e. The molecule has 0 aliphatic rings. The maximum Gasteiger partial charge on any atom is 0.416 e. The first-order valence-electron chi connectivity index (χ1n) is 7.84. The van der Waals surface area contributed by atoms with Gasteiger partial charge in [-0.05, 0) is 36.4 Å². The number of alkyl halides is 3. The van der Waals surface area contributed by atoms with Crippen LogP contribution >= 0.6 is 34.5 Å². The zero-order chi connectivity index (χ0) is 20.3. The summed E-state index contributed by atoms with van der Waals surface area (Å²) in [6.07, 6.45) is -4.42. The van der Waals surface area contributed by atoms with Gasteiger partial charge in [0.15, 0.2) is 5.13 Å². The molecule has 0 aliphatic carbocycles. The molecule has 0 saturated carbocycles. The molecule has 2 N–H and O–H groups in total. The Labute approximate surface area is 172 Å². The fourth-order valence-corrected chi connectivity index (χ4v) is 3.31.